The molecule has 2 aliphatic carbocycles. The van der Waals surface area contributed by atoms with E-state index < -0.39 is 0 Å². The van der Waals surface area contributed by atoms with Crippen LogP contribution in [-0.4, -0.2) is 26.3 Å². The molecule has 0 heterocycles. The number of hydrogen-bond donors (Lipinski definition) is 1. The van der Waals surface area contributed by atoms with E-state index in [0.717, 1.165) is 25.6 Å². The van der Waals surface area contributed by atoms with Crippen LogP contribution in [0.5, 0.6) is 0 Å². The third kappa shape index (κ3) is 3.03. The number of benzene rings is 1. The van der Waals surface area contributed by atoms with E-state index >= 15 is 0 Å². The standard InChI is InChI=1S/C18H25Cl2NO/c1-3-22-11-18-10-13(18)5-6-14(21-2)9-15(18)12-4-7-16(19)17(20)8-12/h4,7-8,13-15,21H,3,5-6,9-11H2,1-2H3/t13-,14-,15+,18+/m0/s1. The normalized spacial score (nSPS) is 34.1. The molecule has 0 unspecified atom stereocenters. The summed E-state index contributed by atoms with van der Waals surface area (Å²) < 4.78 is 5.87. The molecule has 0 amide bonds. The van der Waals surface area contributed by atoms with Crippen LogP contribution in [0.25, 0.3) is 0 Å². The molecule has 0 bridgehead atoms. The zero-order chi connectivity index (χ0) is 15.7. The molecule has 22 heavy (non-hydrogen) atoms. The Labute approximate surface area is 143 Å². The number of ether oxygens (including phenoxy) is 1. The van der Waals surface area contributed by atoms with E-state index in [-0.39, 0.29) is 0 Å². The third-order valence-electron chi connectivity index (χ3n) is 5.69. The monoisotopic (exact) mass is 341 g/mol. The first-order chi connectivity index (χ1) is 10.6. The molecule has 0 radical (unpaired) electrons. The Hall–Kier alpha value is -0.280. The van der Waals surface area contributed by atoms with Crippen molar-refractivity contribution in [2.24, 2.45) is 11.3 Å². The van der Waals surface area contributed by atoms with Crippen molar-refractivity contribution in [1.29, 1.82) is 0 Å². The van der Waals surface area contributed by atoms with Crippen molar-refractivity contribution in [2.45, 2.75) is 44.6 Å². The topological polar surface area (TPSA) is 21.3 Å². The molecule has 4 atom stereocenters. The van der Waals surface area contributed by atoms with Crippen LogP contribution in [0.3, 0.4) is 0 Å². The molecule has 3 rings (SSSR count). The lowest BCUT2D eigenvalue weighted by molar-refractivity contribution is 0.0799. The van der Waals surface area contributed by atoms with Gasteiger partial charge in [0.25, 0.3) is 0 Å². The van der Waals surface area contributed by atoms with Crippen molar-refractivity contribution >= 4 is 23.2 Å². The first-order valence-corrected chi connectivity index (χ1v) is 9.06. The fourth-order valence-electron chi connectivity index (χ4n) is 4.28. The van der Waals surface area contributed by atoms with E-state index in [1.165, 1.54) is 24.8 Å². The smallest absolute Gasteiger partial charge is 0.0595 e. The first-order valence-electron chi connectivity index (χ1n) is 8.30. The van der Waals surface area contributed by atoms with E-state index in [1.807, 2.05) is 6.07 Å². The predicted octanol–water partition coefficient (Wildman–Crippen LogP) is 4.89. The van der Waals surface area contributed by atoms with Gasteiger partial charge < -0.3 is 10.1 Å². The Morgan fingerprint density at radius 1 is 1.27 bits per heavy atom. The summed E-state index contributed by atoms with van der Waals surface area (Å²) >= 11 is 12.4. The fourth-order valence-corrected chi connectivity index (χ4v) is 4.59. The SMILES string of the molecule is CCOC[C@]12C[C@@H]1CC[C@H](NC)C[C@@H]2c1ccc(Cl)c(Cl)c1. The molecule has 122 valence electrons. The summed E-state index contributed by atoms with van der Waals surface area (Å²) in [4.78, 5) is 0. The molecule has 2 saturated carbocycles. The maximum atomic E-state index is 6.28. The maximum Gasteiger partial charge on any atom is 0.0595 e. The molecular weight excluding hydrogens is 317 g/mol. The second kappa shape index (κ2) is 6.68. The van der Waals surface area contributed by atoms with Gasteiger partial charge in [0, 0.05) is 18.1 Å². The molecule has 0 aliphatic heterocycles. The Morgan fingerprint density at radius 3 is 2.77 bits per heavy atom. The van der Waals surface area contributed by atoms with Crippen molar-refractivity contribution < 1.29 is 4.74 Å². The van der Waals surface area contributed by atoms with Crippen LogP contribution in [0, 0.1) is 11.3 Å². The molecule has 0 spiro atoms. The Bertz CT molecular complexity index is 536. The molecule has 4 heteroatoms. The van der Waals surface area contributed by atoms with E-state index in [9.17, 15) is 0 Å². The van der Waals surface area contributed by atoms with Crippen LogP contribution < -0.4 is 5.32 Å². The Kier molecular flexibility index (Phi) is 5.04. The quantitative estimate of drug-likeness (QED) is 0.822. The lowest BCUT2D eigenvalue weighted by Gasteiger charge is -2.30. The van der Waals surface area contributed by atoms with Gasteiger partial charge in [0.2, 0.25) is 0 Å². The van der Waals surface area contributed by atoms with E-state index in [2.05, 4.69) is 31.4 Å². The maximum absolute atomic E-state index is 6.28. The van der Waals surface area contributed by atoms with Crippen molar-refractivity contribution in [1.82, 2.24) is 5.32 Å². The number of hydrogen-bond acceptors (Lipinski definition) is 2. The summed E-state index contributed by atoms with van der Waals surface area (Å²) in [7, 11) is 2.07. The summed E-state index contributed by atoms with van der Waals surface area (Å²) in [6.45, 7) is 3.74. The lowest BCUT2D eigenvalue weighted by atomic mass is 9.79. The van der Waals surface area contributed by atoms with Crippen LogP contribution in [0.15, 0.2) is 18.2 Å². The molecule has 2 nitrogen and oxygen atoms in total. The van der Waals surface area contributed by atoms with E-state index in [4.69, 9.17) is 27.9 Å². The van der Waals surface area contributed by atoms with Crippen LogP contribution in [0.4, 0.5) is 0 Å². The number of nitrogens with one attached hydrogen (secondary N) is 1. The highest BCUT2D eigenvalue weighted by Crippen LogP contribution is 2.66. The van der Waals surface area contributed by atoms with Crippen molar-refractivity contribution in [2.75, 3.05) is 20.3 Å². The van der Waals surface area contributed by atoms with Crippen LogP contribution >= 0.6 is 23.2 Å². The Balaban J connectivity index is 1.92. The van der Waals surface area contributed by atoms with Gasteiger partial charge in [0.15, 0.2) is 0 Å². The van der Waals surface area contributed by atoms with Gasteiger partial charge in [-0.1, -0.05) is 29.3 Å². The summed E-state index contributed by atoms with van der Waals surface area (Å²) in [6.07, 6.45) is 5.00. The van der Waals surface area contributed by atoms with Gasteiger partial charge in [-0.3, -0.25) is 0 Å². The van der Waals surface area contributed by atoms with Crippen LogP contribution in [0.1, 0.15) is 44.1 Å². The highest BCUT2D eigenvalue weighted by Gasteiger charge is 2.60. The minimum Gasteiger partial charge on any atom is -0.381 e. The molecule has 0 saturated heterocycles. The second-order valence-corrected chi connectivity index (χ2v) is 7.61. The highest BCUT2D eigenvalue weighted by molar-refractivity contribution is 6.42. The second-order valence-electron chi connectivity index (χ2n) is 6.80. The minimum absolute atomic E-state index is 0.304. The lowest BCUT2D eigenvalue weighted by Crippen LogP contribution is -2.30. The molecule has 0 aromatic heterocycles. The average molecular weight is 342 g/mol. The summed E-state index contributed by atoms with van der Waals surface area (Å²) in [5.74, 6) is 1.29. The van der Waals surface area contributed by atoms with Crippen LogP contribution in [0.2, 0.25) is 10.0 Å². The first kappa shape index (κ1) is 16.6. The highest BCUT2D eigenvalue weighted by atomic mass is 35.5. The molecule has 1 aromatic rings. The predicted molar refractivity (Wildman–Crippen MR) is 92.9 cm³/mol. The van der Waals surface area contributed by atoms with Gasteiger partial charge in [-0.05, 0) is 69.2 Å². The minimum atomic E-state index is 0.304. The number of halogens is 2. The van der Waals surface area contributed by atoms with Crippen LogP contribution in [-0.2, 0) is 4.74 Å². The van der Waals surface area contributed by atoms with E-state index in [0.29, 0.717) is 27.4 Å². The molecular formula is C18H25Cl2NO. The largest absolute Gasteiger partial charge is 0.381 e. The molecule has 1 aromatic carbocycles. The van der Waals surface area contributed by atoms with Gasteiger partial charge in [0.1, 0.15) is 0 Å². The van der Waals surface area contributed by atoms with Gasteiger partial charge >= 0.3 is 0 Å². The number of fused-ring (bicyclic) bond motifs is 1. The molecule has 1 N–H and O–H groups in total. The summed E-state index contributed by atoms with van der Waals surface area (Å²) in [6, 6.07) is 6.73. The molecule has 2 aliphatic rings. The third-order valence-corrected chi connectivity index (χ3v) is 6.43. The van der Waals surface area contributed by atoms with Gasteiger partial charge in [-0.15, -0.1) is 0 Å². The van der Waals surface area contributed by atoms with Crippen molar-refractivity contribution in [3.05, 3.63) is 33.8 Å². The van der Waals surface area contributed by atoms with Gasteiger partial charge in [0.05, 0.1) is 16.7 Å². The van der Waals surface area contributed by atoms with E-state index in [1.54, 1.807) is 0 Å². The van der Waals surface area contributed by atoms with Gasteiger partial charge in [-0.2, -0.15) is 0 Å². The number of rotatable bonds is 5. The summed E-state index contributed by atoms with van der Waals surface area (Å²) in [5, 5.41) is 4.78. The average Bonchev–Trinajstić information content (AvgIpc) is 3.23. The molecule has 2 fully saturated rings. The fraction of sp³-hybridized carbons (Fsp3) is 0.667. The van der Waals surface area contributed by atoms with Gasteiger partial charge in [-0.25, -0.2) is 0 Å². The van der Waals surface area contributed by atoms with Crippen molar-refractivity contribution in [3.63, 3.8) is 0 Å². The summed E-state index contributed by atoms with van der Waals surface area (Å²) in [5.41, 5.74) is 1.62. The zero-order valence-electron chi connectivity index (χ0n) is 13.4. The Morgan fingerprint density at radius 2 is 2.09 bits per heavy atom. The zero-order valence-corrected chi connectivity index (χ0v) is 14.9. The van der Waals surface area contributed by atoms with Crippen molar-refractivity contribution in [3.8, 4) is 0 Å².